The molecule has 35 heavy (non-hydrogen) atoms. The molecule has 7 rings (SSSR count). The number of para-hydroxylation sites is 1. The first kappa shape index (κ1) is 20.5. The van der Waals surface area contributed by atoms with E-state index in [2.05, 4.69) is 15.3 Å². The molecule has 2 bridgehead atoms. The lowest BCUT2D eigenvalue weighted by atomic mass is 10.0. The summed E-state index contributed by atoms with van der Waals surface area (Å²) < 4.78 is 33.0. The van der Waals surface area contributed by atoms with Crippen molar-refractivity contribution in [2.24, 2.45) is 7.05 Å². The molecule has 2 aliphatic heterocycles. The Morgan fingerprint density at radius 2 is 1.94 bits per heavy atom. The third kappa shape index (κ3) is 3.01. The summed E-state index contributed by atoms with van der Waals surface area (Å²) in [7, 11) is 1.69. The van der Waals surface area contributed by atoms with Gasteiger partial charge in [-0.2, -0.15) is 10.2 Å². The Hall–Kier alpha value is -3.85. The van der Waals surface area contributed by atoms with Gasteiger partial charge in [0.1, 0.15) is 22.8 Å². The number of aromatic nitrogens is 5. The van der Waals surface area contributed by atoms with E-state index in [1.165, 1.54) is 4.68 Å². The molecular formula is C26H23F2N7. The van der Waals surface area contributed by atoms with Crippen LogP contribution >= 0.6 is 0 Å². The molecule has 5 aromatic rings. The highest BCUT2D eigenvalue weighted by Gasteiger charge is 2.38. The van der Waals surface area contributed by atoms with Gasteiger partial charge in [0, 0.05) is 60.8 Å². The summed E-state index contributed by atoms with van der Waals surface area (Å²) in [5.74, 6) is -0.396. The lowest BCUT2D eigenvalue weighted by Gasteiger charge is -2.28. The summed E-state index contributed by atoms with van der Waals surface area (Å²) in [5.41, 5.74) is 3.46. The monoisotopic (exact) mass is 471 g/mol. The second kappa shape index (κ2) is 7.32. The quantitative estimate of drug-likeness (QED) is 0.429. The maximum absolute atomic E-state index is 15.3. The number of fused-ring (bicyclic) bond motifs is 4. The van der Waals surface area contributed by atoms with Crippen molar-refractivity contribution in [3.05, 3.63) is 66.0 Å². The van der Waals surface area contributed by atoms with E-state index in [4.69, 9.17) is 10.1 Å². The van der Waals surface area contributed by atoms with Crippen LogP contribution in [0.25, 0.3) is 38.8 Å². The van der Waals surface area contributed by atoms with Gasteiger partial charge in [0.05, 0.1) is 17.4 Å². The average molecular weight is 472 g/mol. The fourth-order valence-electron chi connectivity index (χ4n) is 5.69. The summed E-state index contributed by atoms with van der Waals surface area (Å²) in [6.07, 6.45) is 4.60. The molecule has 5 heterocycles. The van der Waals surface area contributed by atoms with E-state index in [0.717, 1.165) is 53.5 Å². The van der Waals surface area contributed by atoms with Gasteiger partial charge in [0.2, 0.25) is 0 Å². The summed E-state index contributed by atoms with van der Waals surface area (Å²) >= 11 is 0. The minimum atomic E-state index is -0.688. The second-order valence-electron chi connectivity index (χ2n) is 9.53. The van der Waals surface area contributed by atoms with Crippen LogP contribution in [0.3, 0.4) is 0 Å². The van der Waals surface area contributed by atoms with Gasteiger partial charge in [-0.05, 0) is 31.0 Å². The van der Waals surface area contributed by atoms with Crippen molar-refractivity contribution in [1.29, 1.82) is 0 Å². The number of nitrogens with zero attached hydrogens (tertiary/aromatic N) is 6. The molecule has 2 aliphatic rings. The molecule has 0 radical (unpaired) electrons. The van der Waals surface area contributed by atoms with E-state index >= 15 is 4.39 Å². The van der Waals surface area contributed by atoms with Gasteiger partial charge in [-0.1, -0.05) is 18.2 Å². The van der Waals surface area contributed by atoms with Gasteiger partial charge in [-0.3, -0.25) is 4.68 Å². The van der Waals surface area contributed by atoms with E-state index in [1.54, 1.807) is 17.9 Å². The normalized spacial score (nSPS) is 19.5. The van der Waals surface area contributed by atoms with Crippen LogP contribution in [0.2, 0.25) is 0 Å². The molecule has 1 N–H and O–H groups in total. The molecule has 0 spiro atoms. The lowest BCUT2D eigenvalue weighted by molar-refractivity contribution is 0.576. The summed E-state index contributed by atoms with van der Waals surface area (Å²) in [6.45, 7) is 3.96. The van der Waals surface area contributed by atoms with E-state index in [1.807, 2.05) is 43.5 Å². The number of aryl methyl sites for hydroxylation is 2. The van der Waals surface area contributed by atoms with Gasteiger partial charge in [0.25, 0.3) is 0 Å². The molecule has 3 aromatic heterocycles. The Balaban J connectivity index is 1.40. The first-order valence-corrected chi connectivity index (χ1v) is 11.7. The highest BCUT2D eigenvalue weighted by atomic mass is 19.1. The summed E-state index contributed by atoms with van der Waals surface area (Å²) in [4.78, 5) is 7.11. The maximum Gasteiger partial charge on any atom is 0.154 e. The van der Waals surface area contributed by atoms with Crippen molar-refractivity contribution in [3.63, 3.8) is 0 Å². The van der Waals surface area contributed by atoms with Crippen LogP contribution in [-0.4, -0.2) is 49.7 Å². The van der Waals surface area contributed by atoms with Crippen molar-refractivity contribution in [2.75, 3.05) is 18.0 Å². The molecule has 176 valence electrons. The molecule has 2 atom stereocenters. The Kier molecular flexibility index (Phi) is 4.29. The summed E-state index contributed by atoms with van der Waals surface area (Å²) in [5, 5.41) is 13.7. The average Bonchev–Trinajstić information content (AvgIpc) is 3.63. The molecule has 2 aromatic carbocycles. The molecule has 0 amide bonds. The van der Waals surface area contributed by atoms with Crippen LogP contribution in [-0.2, 0) is 7.05 Å². The Morgan fingerprint density at radius 3 is 2.69 bits per heavy atom. The van der Waals surface area contributed by atoms with Crippen molar-refractivity contribution >= 4 is 27.6 Å². The smallest absolute Gasteiger partial charge is 0.154 e. The number of benzene rings is 2. The van der Waals surface area contributed by atoms with Crippen molar-refractivity contribution in [2.45, 2.75) is 25.4 Å². The highest BCUT2D eigenvalue weighted by molar-refractivity contribution is 6.04. The Bertz CT molecular complexity index is 1620. The molecule has 9 heteroatoms. The topological polar surface area (TPSA) is 63.8 Å². The van der Waals surface area contributed by atoms with Crippen molar-refractivity contribution in [1.82, 2.24) is 29.9 Å². The number of hydrogen-bond acceptors (Lipinski definition) is 5. The largest absolute Gasteiger partial charge is 0.351 e. The number of pyridine rings is 1. The van der Waals surface area contributed by atoms with Crippen LogP contribution in [0.4, 0.5) is 14.6 Å². The maximum atomic E-state index is 15.3. The first-order valence-electron chi connectivity index (χ1n) is 11.7. The van der Waals surface area contributed by atoms with E-state index in [0.29, 0.717) is 23.2 Å². The number of hydrogen-bond donors (Lipinski definition) is 1. The Morgan fingerprint density at radius 1 is 1.06 bits per heavy atom. The van der Waals surface area contributed by atoms with Gasteiger partial charge < -0.3 is 10.2 Å². The number of rotatable bonds is 3. The van der Waals surface area contributed by atoms with Crippen LogP contribution in [0.1, 0.15) is 12.0 Å². The summed E-state index contributed by atoms with van der Waals surface area (Å²) in [6, 6.07) is 11.8. The molecule has 2 saturated heterocycles. The standard InChI is InChI=1S/C26H23F2N7/c1-14-4-3-5-18-25(23-19-13-33(2)31-24(19)21(28)9-20(23)27)32-35(26(14)18)16-6-7-22(30-10-16)34-12-15-8-17(34)11-29-15/h3-7,9-10,13,15,17,29H,8,11-12H2,1-2H3/t15-,17-/m1/s1. The molecular weight excluding hydrogens is 448 g/mol. The Labute approximate surface area is 200 Å². The van der Waals surface area contributed by atoms with E-state index in [-0.39, 0.29) is 11.1 Å². The fraction of sp³-hybridized carbons (Fsp3) is 0.269. The van der Waals surface area contributed by atoms with Gasteiger partial charge in [-0.25, -0.2) is 18.4 Å². The zero-order chi connectivity index (χ0) is 23.8. The molecule has 0 unspecified atom stereocenters. The van der Waals surface area contributed by atoms with Crippen molar-refractivity contribution in [3.8, 4) is 16.9 Å². The van der Waals surface area contributed by atoms with Crippen LogP contribution in [0.5, 0.6) is 0 Å². The van der Waals surface area contributed by atoms with E-state index in [9.17, 15) is 4.39 Å². The number of nitrogens with one attached hydrogen (secondary N) is 1. The van der Waals surface area contributed by atoms with Gasteiger partial charge in [-0.15, -0.1) is 0 Å². The highest BCUT2D eigenvalue weighted by Crippen LogP contribution is 2.38. The SMILES string of the molecule is Cc1cccc2c(-c3c(F)cc(F)c4nn(C)cc34)nn(-c3ccc(N4C[C@H]5C[C@@H]4CN5)nc3)c12. The first-order chi connectivity index (χ1) is 17.0. The molecule has 0 aliphatic carbocycles. The third-order valence-electron chi connectivity index (χ3n) is 7.29. The number of piperazine rings is 1. The van der Waals surface area contributed by atoms with Crippen LogP contribution in [0.15, 0.2) is 48.8 Å². The zero-order valence-corrected chi connectivity index (χ0v) is 19.3. The molecule has 7 nitrogen and oxygen atoms in total. The molecule has 0 saturated carbocycles. The minimum Gasteiger partial charge on any atom is -0.351 e. The van der Waals surface area contributed by atoms with Crippen LogP contribution in [0, 0.1) is 18.6 Å². The van der Waals surface area contributed by atoms with Crippen molar-refractivity contribution < 1.29 is 8.78 Å². The fourth-order valence-corrected chi connectivity index (χ4v) is 5.69. The van der Waals surface area contributed by atoms with Gasteiger partial charge >= 0.3 is 0 Å². The molecule has 2 fully saturated rings. The van der Waals surface area contributed by atoms with Crippen LogP contribution < -0.4 is 10.2 Å². The predicted molar refractivity (Wildman–Crippen MR) is 131 cm³/mol. The second-order valence-corrected chi connectivity index (χ2v) is 9.53. The predicted octanol–water partition coefficient (Wildman–Crippen LogP) is 4.11. The zero-order valence-electron chi connectivity index (χ0n) is 19.3. The van der Waals surface area contributed by atoms with Gasteiger partial charge in [0.15, 0.2) is 5.82 Å². The third-order valence-corrected chi connectivity index (χ3v) is 7.29. The van der Waals surface area contributed by atoms with E-state index < -0.39 is 11.6 Å². The number of anilines is 1. The number of halogens is 2. The minimum absolute atomic E-state index is 0.125. The lowest BCUT2D eigenvalue weighted by Crippen LogP contribution is -2.43.